The zero-order valence-electron chi connectivity index (χ0n) is 13.9. The molecule has 0 bridgehead atoms. The minimum Gasteiger partial charge on any atom is -0.455 e. The van der Waals surface area contributed by atoms with E-state index >= 15 is 0 Å². The second-order valence-electron chi connectivity index (χ2n) is 5.42. The van der Waals surface area contributed by atoms with Gasteiger partial charge in [0.05, 0.1) is 18.7 Å². The van der Waals surface area contributed by atoms with E-state index in [1.807, 2.05) is 0 Å². The van der Waals surface area contributed by atoms with E-state index in [0.29, 0.717) is 5.56 Å². The predicted octanol–water partition coefficient (Wildman–Crippen LogP) is 1.80. The first-order chi connectivity index (χ1) is 11.6. The van der Waals surface area contributed by atoms with Crippen molar-refractivity contribution < 1.29 is 23.8 Å². The molecule has 1 aliphatic rings. The van der Waals surface area contributed by atoms with Gasteiger partial charge in [0.25, 0.3) is 0 Å². The van der Waals surface area contributed by atoms with Gasteiger partial charge in [0.15, 0.2) is 0 Å². The molecule has 0 atom stereocenters. The second-order valence-corrected chi connectivity index (χ2v) is 5.42. The van der Waals surface area contributed by atoms with Gasteiger partial charge in [0.1, 0.15) is 19.6 Å². The molecule has 130 valence electrons. The lowest BCUT2D eigenvalue weighted by Crippen LogP contribution is -2.57. The van der Waals surface area contributed by atoms with Crippen molar-refractivity contribution in [2.45, 2.75) is 6.10 Å². The van der Waals surface area contributed by atoms with E-state index in [4.69, 9.17) is 14.2 Å². The number of hydrogen-bond acceptors (Lipinski definition) is 5. The number of benzene rings is 1. The maximum atomic E-state index is 12.3. The van der Waals surface area contributed by atoms with E-state index in [2.05, 4.69) is 6.58 Å². The number of nitrogens with zero attached hydrogens (tertiary/aromatic N) is 2. The van der Waals surface area contributed by atoms with Crippen LogP contribution in [0.5, 0.6) is 0 Å². The smallest absolute Gasteiger partial charge is 0.338 e. The molecule has 0 saturated carbocycles. The molecule has 2 amide bonds. The summed E-state index contributed by atoms with van der Waals surface area (Å²) in [6.07, 6.45) is 1.24. The molecule has 1 aliphatic heterocycles. The van der Waals surface area contributed by atoms with Crippen LogP contribution in [0.25, 0.3) is 6.08 Å². The van der Waals surface area contributed by atoms with Crippen LogP contribution in [0.2, 0.25) is 0 Å². The first-order valence-corrected chi connectivity index (χ1v) is 7.54. The van der Waals surface area contributed by atoms with Crippen molar-refractivity contribution in [3.63, 3.8) is 0 Å². The molecule has 7 heteroatoms. The topological polar surface area (TPSA) is 68.3 Å². The molecule has 1 fully saturated rings. The normalized spacial score (nSPS) is 15.5. The summed E-state index contributed by atoms with van der Waals surface area (Å²) >= 11 is 0. The van der Waals surface area contributed by atoms with Crippen LogP contribution in [0.3, 0.4) is 0 Å². The third kappa shape index (κ3) is 4.33. The number of esters is 1. The Morgan fingerprint density at radius 1 is 1.17 bits per heavy atom. The number of rotatable bonds is 7. The molecule has 0 radical (unpaired) electrons. The summed E-state index contributed by atoms with van der Waals surface area (Å²) < 4.78 is 15.6. The summed E-state index contributed by atoms with van der Waals surface area (Å²) in [5.74, 6) is -0.431. The molecular weight excluding hydrogens is 312 g/mol. The molecule has 0 N–H and O–H groups in total. The van der Waals surface area contributed by atoms with Gasteiger partial charge in [-0.1, -0.05) is 24.8 Å². The Labute approximate surface area is 141 Å². The maximum Gasteiger partial charge on any atom is 0.338 e. The Morgan fingerprint density at radius 3 is 2.17 bits per heavy atom. The fraction of sp³-hybridized carbons (Fsp3) is 0.412. The summed E-state index contributed by atoms with van der Waals surface area (Å²) in [5.41, 5.74) is 1.38. The number of carbonyl (C=O) groups excluding carboxylic acids is 2. The number of methoxy groups -OCH3 is 2. The molecule has 1 saturated heterocycles. The third-order valence-corrected chi connectivity index (χ3v) is 3.61. The Bertz CT molecular complexity index is 569. The molecule has 1 aromatic rings. The first-order valence-electron chi connectivity index (χ1n) is 7.54. The van der Waals surface area contributed by atoms with E-state index in [-0.39, 0.29) is 32.6 Å². The van der Waals surface area contributed by atoms with Crippen LogP contribution in [-0.4, -0.2) is 68.7 Å². The van der Waals surface area contributed by atoms with Crippen molar-refractivity contribution in [2.24, 2.45) is 0 Å². The fourth-order valence-electron chi connectivity index (χ4n) is 2.48. The SMILES string of the molecule is C=Cc1ccc(C(=O)OC2CN(COC)C(=O)N(COC)C2)cc1. The highest BCUT2D eigenvalue weighted by atomic mass is 16.5. The van der Waals surface area contributed by atoms with E-state index in [9.17, 15) is 9.59 Å². The van der Waals surface area contributed by atoms with Crippen LogP contribution in [0.15, 0.2) is 30.8 Å². The van der Waals surface area contributed by atoms with Gasteiger partial charge in [-0.05, 0) is 17.7 Å². The maximum absolute atomic E-state index is 12.3. The van der Waals surface area contributed by atoms with Crippen LogP contribution in [0.4, 0.5) is 4.79 Å². The van der Waals surface area contributed by atoms with Crippen LogP contribution < -0.4 is 0 Å². The van der Waals surface area contributed by atoms with E-state index < -0.39 is 12.1 Å². The highest BCUT2D eigenvalue weighted by Gasteiger charge is 2.33. The van der Waals surface area contributed by atoms with Crippen LogP contribution in [0.1, 0.15) is 15.9 Å². The largest absolute Gasteiger partial charge is 0.455 e. The quantitative estimate of drug-likeness (QED) is 0.711. The molecule has 1 heterocycles. The molecule has 24 heavy (non-hydrogen) atoms. The van der Waals surface area contributed by atoms with Crippen molar-refractivity contribution in [3.8, 4) is 0 Å². The van der Waals surface area contributed by atoms with Crippen molar-refractivity contribution in [2.75, 3.05) is 40.8 Å². The lowest BCUT2D eigenvalue weighted by atomic mass is 10.1. The summed E-state index contributed by atoms with van der Waals surface area (Å²) in [6.45, 7) is 4.49. The van der Waals surface area contributed by atoms with Gasteiger partial charge < -0.3 is 14.2 Å². The summed E-state index contributed by atoms with van der Waals surface area (Å²) in [6, 6.07) is 6.76. The Kier molecular flexibility index (Phi) is 6.34. The lowest BCUT2D eigenvalue weighted by Gasteiger charge is -2.38. The van der Waals surface area contributed by atoms with E-state index in [1.165, 1.54) is 24.0 Å². The predicted molar refractivity (Wildman–Crippen MR) is 88.3 cm³/mol. The van der Waals surface area contributed by atoms with E-state index in [0.717, 1.165) is 5.56 Å². The minimum absolute atomic E-state index is 0.126. The summed E-state index contributed by atoms with van der Waals surface area (Å²) in [4.78, 5) is 27.5. The monoisotopic (exact) mass is 334 g/mol. The Hall–Kier alpha value is -2.38. The van der Waals surface area contributed by atoms with Crippen LogP contribution in [-0.2, 0) is 14.2 Å². The average Bonchev–Trinajstić information content (AvgIpc) is 2.59. The molecule has 1 aromatic carbocycles. The van der Waals surface area contributed by atoms with Gasteiger partial charge >= 0.3 is 12.0 Å². The van der Waals surface area contributed by atoms with Gasteiger partial charge in [0.2, 0.25) is 0 Å². The summed E-state index contributed by atoms with van der Waals surface area (Å²) in [7, 11) is 3.01. The highest BCUT2D eigenvalue weighted by molar-refractivity contribution is 5.89. The van der Waals surface area contributed by atoms with Gasteiger partial charge in [-0.15, -0.1) is 0 Å². The molecule has 0 spiro atoms. The number of carbonyl (C=O) groups is 2. The highest BCUT2D eigenvalue weighted by Crippen LogP contribution is 2.15. The second kappa shape index (κ2) is 8.47. The van der Waals surface area contributed by atoms with Crippen molar-refractivity contribution in [1.82, 2.24) is 9.80 Å². The standard InChI is InChI=1S/C17H22N2O5/c1-4-13-5-7-14(8-6-13)16(20)24-15-9-18(11-22-2)17(21)19(10-15)12-23-3/h4-8,15H,1,9-12H2,2-3H3. The van der Waals surface area contributed by atoms with Crippen molar-refractivity contribution in [1.29, 1.82) is 0 Å². The Balaban J connectivity index is 2.04. The number of hydrogen-bond donors (Lipinski definition) is 0. The molecule has 0 aromatic heterocycles. The minimum atomic E-state index is -0.459. The molecule has 0 unspecified atom stereocenters. The van der Waals surface area contributed by atoms with Crippen molar-refractivity contribution in [3.05, 3.63) is 42.0 Å². The van der Waals surface area contributed by atoms with Gasteiger partial charge in [-0.2, -0.15) is 0 Å². The van der Waals surface area contributed by atoms with Gasteiger partial charge in [0, 0.05) is 14.2 Å². The number of urea groups is 1. The zero-order valence-corrected chi connectivity index (χ0v) is 13.9. The Morgan fingerprint density at radius 2 is 1.71 bits per heavy atom. The lowest BCUT2D eigenvalue weighted by molar-refractivity contribution is -0.0401. The van der Waals surface area contributed by atoms with Gasteiger partial charge in [-0.3, -0.25) is 9.80 Å². The fourth-order valence-corrected chi connectivity index (χ4v) is 2.48. The zero-order chi connectivity index (χ0) is 17.5. The molecule has 2 rings (SSSR count). The van der Waals surface area contributed by atoms with Gasteiger partial charge in [-0.25, -0.2) is 9.59 Å². The number of amides is 2. The van der Waals surface area contributed by atoms with Crippen molar-refractivity contribution >= 4 is 18.1 Å². The van der Waals surface area contributed by atoms with Crippen LogP contribution in [0, 0.1) is 0 Å². The first kappa shape index (κ1) is 18.0. The van der Waals surface area contributed by atoms with E-state index in [1.54, 1.807) is 30.3 Å². The molecule has 0 aliphatic carbocycles. The number of ether oxygens (including phenoxy) is 3. The molecular formula is C17H22N2O5. The average molecular weight is 334 g/mol. The summed E-state index contributed by atoms with van der Waals surface area (Å²) in [5, 5.41) is 0. The van der Waals surface area contributed by atoms with Crippen LogP contribution >= 0.6 is 0 Å². The molecule has 7 nitrogen and oxygen atoms in total. The third-order valence-electron chi connectivity index (χ3n) is 3.61.